The Kier molecular flexibility index (Phi) is 5.09. The molecule has 0 spiro atoms. The van der Waals surface area contributed by atoms with Crippen LogP contribution in [0.1, 0.15) is 19.2 Å². The predicted octanol–water partition coefficient (Wildman–Crippen LogP) is 0.359. The molecule has 106 valence electrons. The van der Waals surface area contributed by atoms with Crippen molar-refractivity contribution in [2.75, 3.05) is 44.7 Å². The second-order valence-electron chi connectivity index (χ2n) is 4.57. The highest BCUT2D eigenvalue weighted by molar-refractivity contribution is 7.09. The minimum Gasteiger partial charge on any atom is -0.343 e. The van der Waals surface area contributed by atoms with Crippen LogP contribution in [0.4, 0.5) is 5.13 Å². The van der Waals surface area contributed by atoms with Crippen LogP contribution in [0.3, 0.4) is 0 Å². The second-order valence-corrected chi connectivity index (χ2v) is 5.30. The molecule has 0 atom stereocenters. The molecule has 1 N–H and O–H groups in total. The summed E-state index contributed by atoms with van der Waals surface area (Å²) in [5, 5.41) is 3.99. The van der Waals surface area contributed by atoms with Crippen molar-refractivity contribution in [2.24, 2.45) is 0 Å². The number of amides is 1. The van der Waals surface area contributed by atoms with Crippen molar-refractivity contribution in [1.29, 1.82) is 0 Å². The van der Waals surface area contributed by atoms with Crippen LogP contribution in [0.5, 0.6) is 0 Å². The van der Waals surface area contributed by atoms with Gasteiger partial charge in [0.15, 0.2) is 0 Å². The Morgan fingerprint density at radius 2 is 2.11 bits per heavy atom. The average Bonchev–Trinajstić information content (AvgIpc) is 2.94. The zero-order valence-electron chi connectivity index (χ0n) is 11.6. The molecule has 0 bridgehead atoms. The maximum atomic E-state index is 11.9. The van der Waals surface area contributed by atoms with Crippen molar-refractivity contribution in [3.8, 4) is 0 Å². The maximum absolute atomic E-state index is 11.9. The third-order valence-electron chi connectivity index (χ3n) is 3.27. The van der Waals surface area contributed by atoms with Gasteiger partial charge in [0.1, 0.15) is 5.82 Å². The van der Waals surface area contributed by atoms with Gasteiger partial charge in [-0.25, -0.2) is 4.98 Å². The lowest BCUT2D eigenvalue weighted by molar-refractivity contribution is -0.131. The summed E-state index contributed by atoms with van der Waals surface area (Å²) in [5.74, 6) is 1.15. The van der Waals surface area contributed by atoms with Crippen LogP contribution in [-0.4, -0.2) is 59.9 Å². The summed E-state index contributed by atoms with van der Waals surface area (Å²) >= 11 is 1.46. The zero-order chi connectivity index (χ0) is 13.7. The number of carbonyl (C=O) groups excluding carboxylic acids is 1. The summed E-state index contributed by atoms with van der Waals surface area (Å²) < 4.78 is 4.30. The van der Waals surface area contributed by atoms with Crippen LogP contribution in [0.25, 0.3) is 0 Å². The molecule has 0 radical (unpaired) electrons. The number of aromatic nitrogens is 2. The Labute approximate surface area is 118 Å². The molecule has 19 heavy (non-hydrogen) atoms. The molecular weight excluding hydrogens is 262 g/mol. The van der Waals surface area contributed by atoms with E-state index < -0.39 is 0 Å². The maximum Gasteiger partial charge on any atom is 0.223 e. The van der Waals surface area contributed by atoms with Crippen molar-refractivity contribution in [1.82, 2.24) is 19.6 Å². The monoisotopic (exact) mass is 283 g/mol. The van der Waals surface area contributed by atoms with Gasteiger partial charge in [0.2, 0.25) is 11.0 Å². The fourth-order valence-electron chi connectivity index (χ4n) is 2.05. The summed E-state index contributed by atoms with van der Waals surface area (Å²) in [6.07, 6.45) is 1.45. The molecule has 1 aromatic rings. The highest BCUT2D eigenvalue weighted by Gasteiger charge is 2.22. The van der Waals surface area contributed by atoms with Gasteiger partial charge in [-0.05, 0) is 7.05 Å². The number of aryl methyl sites for hydroxylation is 1. The highest BCUT2D eigenvalue weighted by atomic mass is 32.1. The number of nitrogens with one attached hydrogen (secondary N) is 1. The Hall–Kier alpha value is -1.21. The molecule has 1 aliphatic heterocycles. The van der Waals surface area contributed by atoms with Gasteiger partial charge in [0.05, 0.1) is 0 Å². The molecule has 2 rings (SSSR count). The third kappa shape index (κ3) is 3.63. The molecule has 1 fully saturated rings. The van der Waals surface area contributed by atoms with Gasteiger partial charge in [-0.1, -0.05) is 6.92 Å². The first-order valence-electron chi connectivity index (χ1n) is 6.74. The molecule has 1 saturated heterocycles. The number of anilines is 1. The number of hydrogen-bond donors (Lipinski definition) is 1. The van der Waals surface area contributed by atoms with E-state index in [9.17, 15) is 4.79 Å². The normalized spacial score (nSPS) is 15.9. The highest BCUT2D eigenvalue weighted by Crippen LogP contribution is 2.19. The van der Waals surface area contributed by atoms with Crippen molar-refractivity contribution in [2.45, 2.75) is 19.8 Å². The Bertz CT molecular complexity index is 414. The smallest absolute Gasteiger partial charge is 0.223 e. The quantitative estimate of drug-likeness (QED) is 0.845. The lowest BCUT2D eigenvalue weighted by Gasteiger charge is -2.34. The first-order chi connectivity index (χ1) is 9.24. The molecule has 1 aliphatic rings. The van der Waals surface area contributed by atoms with Crippen molar-refractivity contribution < 1.29 is 4.79 Å². The lowest BCUT2D eigenvalue weighted by Crippen LogP contribution is -2.49. The molecule has 7 heteroatoms. The number of piperazine rings is 1. The fourth-order valence-corrected chi connectivity index (χ4v) is 2.86. The molecule has 0 aliphatic carbocycles. The van der Waals surface area contributed by atoms with Crippen LogP contribution in [0.2, 0.25) is 0 Å². The van der Waals surface area contributed by atoms with Crippen molar-refractivity contribution in [3.05, 3.63) is 5.82 Å². The number of rotatable bonds is 5. The van der Waals surface area contributed by atoms with E-state index in [1.807, 2.05) is 11.9 Å². The predicted molar refractivity (Wildman–Crippen MR) is 76.6 cm³/mol. The Balaban J connectivity index is 1.83. The molecule has 6 nitrogen and oxygen atoms in total. The van der Waals surface area contributed by atoms with E-state index in [0.717, 1.165) is 50.1 Å². The van der Waals surface area contributed by atoms with Gasteiger partial charge in [-0.3, -0.25) is 4.79 Å². The average molecular weight is 283 g/mol. The molecular formula is C12H21N5OS. The number of hydrogen-bond acceptors (Lipinski definition) is 6. The van der Waals surface area contributed by atoms with E-state index in [2.05, 4.69) is 26.5 Å². The molecule has 2 heterocycles. The summed E-state index contributed by atoms with van der Waals surface area (Å²) in [6.45, 7) is 6.07. The van der Waals surface area contributed by atoms with Gasteiger partial charge < -0.3 is 15.1 Å². The standard InChI is InChI=1S/C12H21N5OS/c1-3-10-14-12(19-15-10)17-8-6-16(7-9-17)11(18)4-5-13-2/h13H,3-9H2,1-2H3. The summed E-state index contributed by atoms with van der Waals surface area (Å²) in [7, 11) is 1.87. The fraction of sp³-hybridized carbons (Fsp3) is 0.750. The topological polar surface area (TPSA) is 61.4 Å². The van der Waals surface area contributed by atoms with Gasteiger partial charge in [0, 0.05) is 57.1 Å². The summed E-state index contributed by atoms with van der Waals surface area (Å²) in [5.41, 5.74) is 0. The van der Waals surface area contributed by atoms with Crippen molar-refractivity contribution in [3.63, 3.8) is 0 Å². The van der Waals surface area contributed by atoms with Crippen molar-refractivity contribution >= 4 is 22.6 Å². The number of nitrogens with zero attached hydrogens (tertiary/aromatic N) is 4. The van der Waals surface area contributed by atoms with E-state index >= 15 is 0 Å². The van der Waals surface area contributed by atoms with Gasteiger partial charge in [0.25, 0.3) is 0 Å². The van der Waals surface area contributed by atoms with Gasteiger partial charge in [-0.2, -0.15) is 4.37 Å². The lowest BCUT2D eigenvalue weighted by atomic mass is 10.3. The van der Waals surface area contributed by atoms with Crippen LogP contribution < -0.4 is 10.2 Å². The van der Waals surface area contributed by atoms with E-state index in [1.165, 1.54) is 11.5 Å². The van der Waals surface area contributed by atoms with E-state index in [1.54, 1.807) is 0 Å². The van der Waals surface area contributed by atoms with Gasteiger partial charge in [-0.15, -0.1) is 0 Å². The minimum absolute atomic E-state index is 0.237. The van der Waals surface area contributed by atoms with Crippen LogP contribution >= 0.6 is 11.5 Å². The molecule has 1 amide bonds. The van der Waals surface area contributed by atoms with E-state index in [4.69, 9.17) is 0 Å². The Morgan fingerprint density at radius 1 is 1.37 bits per heavy atom. The molecule has 0 unspecified atom stereocenters. The van der Waals surface area contributed by atoms with Gasteiger partial charge >= 0.3 is 0 Å². The third-order valence-corrected chi connectivity index (χ3v) is 4.08. The van der Waals surface area contributed by atoms with Crippen LogP contribution in [0, 0.1) is 0 Å². The molecule has 1 aromatic heterocycles. The first kappa shape index (κ1) is 14.2. The van der Waals surface area contributed by atoms with Crippen LogP contribution in [-0.2, 0) is 11.2 Å². The SMILES string of the molecule is CCc1nsc(N2CCN(C(=O)CCNC)CC2)n1. The largest absolute Gasteiger partial charge is 0.343 e. The molecule has 0 aromatic carbocycles. The van der Waals surface area contributed by atoms with Crippen LogP contribution in [0.15, 0.2) is 0 Å². The Morgan fingerprint density at radius 3 is 2.68 bits per heavy atom. The first-order valence-corrected chi connectivity index (χ1v) is 7.51. The zero-order valence-corrected chi connectivity index (χ0v) is 12.4. The van der Waals surface area contributed by atoms with E-state index in [-0.39, 0.29) is 5.91 Å². The summed E-state index contributed by atoms with van der Waals surface area (Å²) in [4.78, 5) is 20.5. The molecule has 0 saturated carbocycles. The minimum atomic E-state index is 0.237. The second kappa shape index (κ2) is 6.81. The van der Waals surface area contributed by atoms with E-state index in [0.29, 0.717) is 6.42 Å². The number of carbonyl (C=O) groups is 1. The summed E-state index contributed by atoms with van der Waals surface area (Å²) in [6, 6.07) is 0.